The van der Waals surface area contributed by atoms with Gasteiger partial charge >= 0.3 is 0 Å². The zero-order valence-electron chi connectivity index (χ0n) is 17.7. The molecule has 1 N–H and O–H groups in total. The lowest BCUT2D eigenvalue weighted by Gasteiger charge is -2.26. The third-order valence-corrected chi connectivity index (χ3v) is 7.15. The summed E-state index contributed by atoms with van der Waals surface area (Å²) in [5, 5.41) is 7.92. The van der Waals surface area contributed by atoms with Gasteiger partial charge in [-0.1, -0.05) is 25.1 Å². The van der Waals surface area contributed by atoms with Crippen molar-refractivity contribution in [2.75, 3.05) is 31.6 Å². The molecule has 168 valence electrons. The van der Waals surface area contributed by atoms with E-state index in [1.807, 2.05) is 6.92 Å². The van der Waals surface area contributed by atoms with Crippen molar-refractivity contribution >= 4 is 32.4 Å². The second-order valence-electron chi connectivity index (χ2n) is 7.42. The summed E-state index contributed by atoms with van der Waals surface area (Å²) in [5.74, 6) is -0.477. The maximum absolute atomic E-state index is 13.0. The van der Waals surface area contributed by atoms with Gasteiger partial charge in [0.2, 0.25) is 10.0 Å². The summed E-state index contributed by atoms with van der Waals surface area (Å²) >= 11 is 0. The normalized spacial score (nSPS) is 15.0. The Bertz CT molecular complexity index is 1300. The molecule has 2 heterocycles. The number of hydrogen-bond donors (Lipinski definition) is 1. The predicted molar refractivity (Wildman–Crippen MR) is 120 cm³/mol. The smallest absolute Gasteiger partial charge is 0.276 e. The number of anilines is 1. The average Bonchev–Trinajstić information content (AvgIpc) is 2.82. The summed E-state index contributed by atoms with van der Waals surface area (Å²) in [6, 6.07) is 12.9. The van der Waals surface area contributed by atoms with Gasteiger partial charge in [0.05, 0.1) is 23.5 Å². The first-order chi connectivity index (χ1) is 15.4. The second-order valence-corrected chi connectivity index (χ2v) is 9.36. The van der Waals surface area contributed by atoms with Crippen molar-refractivity contribution in [1.82, 2.24) is 14.1 Å². The maximum atomic E-state index is 13.0. The molecule has 3 aromatic rings. The quantitative estimate of drug-likeness (QED) is 0.608. The summed E-state index contributed by atoms with van der Waals surface area (Å²) in [7, 11) is -3.61. The molecule has 4 rings (SSSR count). The number of nitrogens with one attached hydrogen (secondary N) is 1. The third kappa shape index (κ3) is 4.29. The lowest BCUT2D eigenvalue weighted by atomic mass is 10.1. The van der Waals surface area contributed by atoms with Gasteiger partial charge in [0, 0.05) is 30.7 Å². The SMILES string of the molecule is CCCn1nc(C(=O)Nc2ccc(S(=O)(=O)N3CCOCC3)cc2)c2ccccc2c1=O. The topological polar surface area (TPSA) is 111 Å². The van der Waals surface area contributed by atoms with Crippen LogP contribution in [0.15, 0.2) is 58.2 Å². The Kier molecular flexibility index (Phi) is 6.35. The zero-order valence-corrected chi connectivity index (χ0v) is 18.5. The highest BCUT2D eigenvalue weighted by Crippen LogP contribution is 2.21. The van der Waals surface area contributed by atoms with E-state index in [9.17, 15) is 18.0 Å². The number of ether oxygens (including phenoxy) is 1. The molecule has 0 unspecified atom stereocenters. The molecule has 9 nitrogen and oxygen atoms in total. The largest absolute Gasteiger partial charge is 0.379 e. The average molecular weight is 457 g/mol. The molecule has 0 radical (unpaired) electrons. The number of sulfonamides is 1. The summed E-state index contributed by atoms with van der Waals surface area (Å²) in [6.45, 7) is 3.69. The fraction of sp³-hybridized carbons (Fsp3) is 0.318. The first-order valence-electron chi connectivity index (χ1n) is 10.4. The van der Waals surface area contributed by atoms with Crippen molar-refractivity contribution in [3.8, 4) is 0 Å². The molecule has 2 aromatic carbocycles. The monoisotopic (exact) mass is 456 g/mol. The lowest BCUT2D eigenvalue weighted by molar-refractivity contribution is 0.0730. The van der Waals surface area contributed by atoms with E-state index in [0.29, 0.717) is 55.7 Å². The summed E-state index contributed by atoms with van der Waals surface area (Å²) in [4.78, 5) is 25.8. The van der Waals surface area contributed by atoms with Crippen molar-refractivity contribution in [2.24, 2.45) is 0 Å². The van der Waals surface area contributed by atoms with Crippen molar-refractivity contribution in [3.05, 3.63) is 64.6 Å². The van der Waals surface area contributed by atoms with Crippen LogP contribution in [0.5, 0.6) is 0 Å². The molecule has 1 fully saturated rings. The second kappa shape index (κ2) is 9.19. The molecule has 1 saturated heterocycles. The predicted octanol–water partition coefficient (Wildman–Crippen LogP) is 2.08. The summed E-state index contributed by atoms with van der Waals surface area (Å²) in [5.41, 5.74) is 0.324. The number of benzene rings is 2. The van der Waals surface area contributed by atoms with Gasteiger partial charge < -0.3 is 10.1 Å². The molecule has 1 aliphatic heterocycles. The van der Waals surface area contributed by atoms with Gasteiger partial charge in [-0.2, -0.15) is 9.40 Å². The molecule has 0 atom stereocenters. The van der Waals surface area contributed by atoms with Crippen LogP contribution in [-0.2, 0) is 21.3 Å². The Morgan fingerprint density at radius 1 is 1.06 bits per heavy atom. The minimum Gasteiger partial charge on any atom is -0.379 e. The Morgan fingerprint density at radius 2 is 1.72 bits per heavy atom. The van der Waals surface area contributed by atoms with E-state index < -0.39 is 15.9 Å². The van der Waals surface area contributed by atoms with Crippen LogP contribution in [-0.4, -0.2) is 54.7 Å². The van der Waals surface area contributed by atoms with E-state index in [1.54, 1.807) is 24.3 Å². The van der Waals surface area contributed by atoms with Crippen molar-refractivity contribution in [2.45, 2.75) is 24.8 Å². The highest BCUT2D eigenvalue weighted by molar-refractivity contribution is 7.89. The zero-order chi connectivity index (χ0) is 22.7. The molecule has 1 aromatic heterocycles. The van der Waals surface area contributed by atoms with E-state index in [2.05, 4.69) is 10.4 Å². The minimum atomic E-state index is -3.61. The molecular formula is C22H24N4O5S. The number of amides is 1. The van der Waals surface area contributed by atoms with Crippen LogP contribution in [0.25, 0.3) is 10.8 Å². The van der Waals surface area contributed by atoms with E-state index in [1.165, 1.54) is 33.3 Å². The van der Waals surface area contributed by atoms with E-state index >= 15 is 0 Å². The van der Waals surface area contributed by atoms with E-state index in [-0.39, 0.29) is 16.1 Å². The third-order valence-electron chi connectivity index (χ3n) is 5.24. The molecule has 10 heteroatoms. The number of rotatable bonds is 6. The van der Waals surface area contributed by atoms with Crippen LogP contribution in [0, 0.1) is 0 Å². The molecule has 0 aliphatic carbocycles. The highest BCUT2D eigenvalue weighted by Gasteiger charge is 2.26. The van der Waals surface area contributed by atoms with Gasteiger partial charge in [-0.3, -0.25) is 9.59 Å². The van der Waals surface area contributed by atoms with E-state index in [0.717, 1.165) is 0 Å². The van der Waals surface area contributed by atoms with Gasteiger partial charge in [0.25, 0.3) is 11.5 Å². The fourth-order valence-electron chi connectivity index (χ4n) is 3.60. The van der Waals surface area contributed by atoms with Crippen molar-refractivity contribution in [3.63, 3.8) is 0 Å². The van der Waals surface area contributed by atoms with Crippen LogP contribution >= 0.6 is 0 Å². The molecule has 1 amide bonds. The first kappa shape index (κ1) is 22.1. The number of aryl methyl sites for hydroxylation is 1. The summed E-state index contributed by atoms with van der Waals surface area (Å²) < 4.78 is 33.4. The van der Waals surface area contributed by atoms with Gasteiger partial charge in [-0.15, -0.1) is 0 Å². The number of morpholine rings is 1. The number of nitrogens with zero attached hydrogens (tertiary/aromatic N) is 3. The lowest BCUT2D eigenvalue weighted by Crippen LogP contribution is -2.40. The Balaban J connectivity index is 1.60. The number of carbonyl (C=O) groups is 1. The van der Waals surface area contributed by atoms with Crippen molar-refractivity contribution < 1.29 is 17.9 Å². The number of carbonyl (C=O) groups excluding carboxylic acids is 1. The number of hydrogen-bond acceptors (Lipinski definition) is 6. The number of fused-ring (bicyclic) bond motifs is 1. The van der Waals surface area contributed by atoms with Crippen LogP contribution in [0.4, 0.5) is 5.69 Å². The standard InChI is InChI=1S/C22H24N4O5S/c1-2-11-26-22(28)19-6-4-3-5-18(19)20(24-26)21(27)23-16-7-9-17(10-8-16)32(29,30)25-12-14-31-15-13-25/h3-10H,2,11-15H2,1H3,(H,23,27). The molecule has 0 bridgehead atoms. The molecule has 0 spiro atoms. The Labute approximate surface area is 185 Å². The highest BCUT2D eigenvalue weighted by atomic mass is 32.2. The molecule has 0 saturated carbocycles. The van der Waals surface area contributed by atoms with Gasteiger partial charge in [-0.05, 0) is 36.8 Å². The van der Waals surface area contributed by atoms with Gasteiger partial charge in [0.15, 0.2) is 5.69 Å². The number of aromatic nitrogens is 2. The summed E-state index contributed by atoms with van der Waals surface area (Å²) in [6.07, 6.45) is 0.700. The maximum Gasteiger partial charge on any atom is 0.276 e. The molecule has 32 heavy (non-hydrogen) atoms. The van der Waals surface area contributed by atoms with Crippen molar-refractivity contribution in [1.29, 1.82) is 0 Å². The minimum absolute atomic E-state index is 0.138. The first-order valence-corrected chi connectivity index (χ1v) is 11.8. The van der Waals surface area contributed by atoms with Gasteiger partial charge in [0.1, 0.15) is 0 Å². The molecule has 1 aliphatic rings. The van der Waals surface area contributed by atoms with Gasteiger partial charge in [-0.25, -0.2) is 13.1 Å². The van der Waals surface area contributed by atoms with Crippen LogP contribution in [0.2, 0.25) is 0 Å². The van der Waals surface area contributed by atoms with Crippen LogP contribution in [0.3, 0.4) is 0 Å². The molecular weight excluding hydrogens is 432 g/mol. The Morgan fingerprint density at radius 3 is 2.38 bits per heavy atom. The van der Waals surface area contributed by atoms with E-state index in [4.69, 9.17) is 4.74 Å². The van der Waals surface area contributed by atoms with Crippen LogP contribution < -0.4 is 10.9 Å². The Hall–Kier alpha value is -3.08. The fourth-order valence-corrected chi connectivity index (χ4v) is 5.01. The van der Waals surface area contributed by atoms with Crippen LogP contribution in [0.1, 0.15) is 23.8 Å².